The summed E-state index contributed by atoms with van der Waals surface area (Å²) < 4.78 is 1.97. The van der Waals surface area contributed by atoms with Gasteiger partial charge in [-0.3, -0.25) is 9.59 Å². The lowest BCUT2D eigenvalue weighted by Gasteiger charge is -2.29. The van der Waals surface area contributed by atoms with E-state index in [0.717, 1.165) is 25.8 Å². The lowest BCUT2D eigenvalue weighted by Crippen LogP contribution is -2.41. The van der Waals surface area contributed by atoms with Crippen molar-refractivity contribution < 1.29 is 9.59 Å². The molecule has 1 fully saturated rings. The van der Waals surface area contributed by atoms with Crippen LogP contribution < -0.4 is 15.5 Å². The van der Waals surface area contributed by atoms with Gasteiger partial charge in [-0.1, -0.05) is 0 Å². The summed E-state index contributed by atoms with van der Waals surface area (Å²) >= 11 is 0. The zero-order chi connectivity index (χ0) is 17.9. The summed E-state index contributed by atoms with van der Waals surface area (Å²) in [5, 5.41) is 5.94. The molecule has 0 bridgehead atoms. The maximum absolute atomic E-state index is 12.4. The predicted molar refractivity (Wildman–Crippen MR) is 97.0 cm³/mol. The van der Waals surface area contributed by atoms with Crippen molar-refractivity contribution in [3.63, 3.8) is 0 Å². The van der Waals surface area contributed by atoms with Crippen LogP contribution in [0.15, 0.2) is 31.0 Å². The summed E-state index contributed by atoms with van der Waals surface area (Å²) in [4.78, 5) is 34.8. The first kappa shape index (κ1) is 16.6. The molecule has 1 aliphatic heterocycles. The molecule has 0 aromatic carbocycles. The second-order valence-corrected chi connectivity index (χ2v) is 6.80. The number of nitrogens with one attached hydrogen (secondary N) is 2. The van der Waals surface area contributed by atoms with Gasteiger partial charge in [-0.15, -0.1) is 0 Å². The summed E-state index contributed by atoms with van der Waals surface area (Å²) in [5.41, 5.74) is 1.18. The van der Waals surface area contributed by atoms with Gasteiger partial charge in [-0.25, -0.2) is 9.97 Å². The minimum absolute atomic E-state index is 0.0316. The number of hydrogen-bond donors (Lipinski definition) is 2. The first-order valence-corrected chi connectivity index (χ1v) is 8.99. The molecule has 3 heterocycles. The smallest absolute Gasteiger partial charge is 0.252 e. The number of carbonyl (C=O) groups is 2. The third-order valence-corrected chi connectivity index (χ3v) is 4.70. The molecule has 2 N–H and O–H groups in total. The standard InChI is InChI=1S/C18H22N6O2/c25-16-10-22-17-15(24(16)11-13-2-3-13)8-14(9-21-17)18(26)20-4-1-6-23-7-5-19-12-23/h5,7-9,12-13H,1-4,6,10-11H2,(H,20,26)(H,21,22). The number of rotatable bonds is 7. The number of carbonyl (C=O) groups excluding carboxylic acids is 2. The van der Waals surface area contributed by atoms with E-state index in [2.05, 4.69) is 20.6 Å². The Morgan fingerprint density at radius 1 is 1.38 bits per heavy atom. The fraction of sp³-hybridized carbons (Fsp3) is 0.444. The highest BCUT2D eigenvalue weighted by Gasteiger charge is 2.31. The molecule has 0 saturated heterocycles. The van der Waals surface area contributed by atoms with Crippen LogP contribution in [-0.2, 0) is 11.3 Å². The number of aryl methyl sites for hydroxylation is 1. The van der Waals surface area contributed by atoms with Crippen molar-refractivity contribution >= 4 is 23.3 Å². The molecule has 4 rings (SSSR count). The Balaban J connectivity index is 1.39. The monoisotopic (exact) mass is 354 g/mol. The topological polar surface area (TPSA) is 92.2 Å². The van der Waals surface area contributed by atoms with Crippen LogP contribution in [0, 0.1) is 5.92 Å². The van der Waals surface area contributed by atoms with Crippen LogP contribution in [0.1, 0.15) is 29.6 Å². The Kier molecular flexibility index (Phi) is 4.55. The molecule has 0 radical (unpaired) electrons. The molecular formula is C18H22N6O2. The number of nitrogens with zero attached hydrogens (tertiary/aromatic N) is 4. The fourth-order valence-electron chi connectivity index (χ4n) is 3.05. The normalized spacial score (nSPS) is 16.2. The fourth-order valence-corrected chi connectivity index (χ4v) is 3.05. The van der Waals surface area contributed by atoms with Crippen molar-refractivity contribution in [2.75, 3.05) is 29.9 Å². The van der Waals surface area contributed by atoms with E-state index < -0.39 is 0 Å². The SMILES string of the molecule is O=C(NCCCn1ccnc1)c1cnc2c(c1)N(CC1CC1)C(=O)CN2. The highest BCUT2D eigenvalue weighted by molar-refractivity contribution is 6.04. The maximum Gasteiger partial charge on any atom is 0.252 e. The predicted octanol–water partition coefficient (Wildman–Crippen LogP) is 1.27. The average molecular weight is 354 g/mol. The highest BCUT2D eigenvalue weighted by Crippen LogP contribution is 2.35. The molecule has 0 spiro atoms. The Labute approximate surface area is 151 Å². The number of imidazole rings is 1. The van der Waals surface area contributed by atoms with E-state index in [4.69, 9.17) is 0 Å². The molecule has 2 aliphatic rings. The lowest BCUT2D eigenvalue weighted by molar-refractivity contribution is -0.117. The van der Waals surface area contributed by atoms with Crippen molar-refractivity contribution in [1.82, 2.24) is 19.9 Å². The van der Waals surface area contributed by atoms with Crippen LogP contribution >= 0.6 is 0 Å². The van der Waals surface area contributed by atoms with Crippen molar-refractivity contribution in [2.24, 2.45) is 5.92 Å². The highest BCUT2D eigenvalue weighted by atomic mass is 16.2. The van der Waals surface area contributed by atoms with Gasteiger partial charge in [-0.05, 0) is 31.2 Å². The largest absolute Gasteiger partial charge is 0.359 e. The van der Waals surface area contributed by atoms with Gasteiger partial charge in [-0.2, -0.15) is 0 Å². The van der Waals surface area contributed by atoms with Gasteiger partial charge in [0.25, 0.3) is 5.91 Å². The van der Waals surface area contributed by atoms with Gasteiger partial charge in [0.1, 0.15) is 5.82 Å². The summed E-state index contributed by atoms with van der Waals surface area (Å²) in [6, 6.07) is 1.76. The quantitative estimate of drug-likeness (QED) is 0.731. The summed E-state index contributed by atoms with van der Waals surface area (Å²) in [5.74, 6) is 1.10. The van der Waals surface area contributed by atoms with Gasteiger partial charge >= 0.3 is 0 Å². The minimum atomic E-state index is -0.171. The van der Waals surface area contributed by atoms with E-state index in [1.54, 1.807) is 29.7 Å². The third-order valence-electron chi connectivity index (χ3n) is 4.70. The van der Waals surface area contributed by atoms with Gasteiger partial charge < -0.3 is 20.1 Å². The van der Waals surface area contributed by atoms with Gasteiger partial charge in [0, 0.05) is 38.2 Å². The summed E-state index contributed by atoms with van der Waals surface area (Å²) in [6.07, 6.45) is 10.1. The second kappa shape index (κ2) is 7.15. The van der Waals surface area contributed by atoms with Crippen molar-refractivity contribution in [1.29, 1.82) is 0 Å². The molecule has 1 aliphatic carbocycles. The van der Waals surface area contributed by atoms with Crippen molar-refractivity contribution in [3.05, 3.63) is 36.5 Å². The molecular weight excluding hydrogens is 332 g/mol. The molecule has 8 nitrogen and oxygen atoms in total. The van der Waals surface area contributed by atoms with Crippen LogP contribution in [0.3, 0.4) is 0 Å². The van der Waals surface area contributed by atoms with Gasteiger partial charge in [0.05, 0.1) is 24.1 Å². The number of amides is 2. The van der Waals surface area contributed by atoms with E-state index in [1.165, 1.54) is 0 Å². The first-order valence-electron chi connectivity index (χ1n) is 8.99. The Hall–Kier alpha value is -2.90. The van der Waals surface area contributed by atoms with Crippen LogP contribution in [0.5, 0.6) is 0 Å². The van der Waals surface area contributed by atoms with Crippen LogP contribution in [0.2, 0.25) is 0 Å². The number of fused-ring (bicyclic) bond motifs is 1. The van der Waals surface area contributed by atoms with Crippen LogP contribution in [0.25, 0.3) is 0 Å². The molecule has 136 valence electrons. The molecule has 26 heavy (non-hydrogen) atoms. The number of pyridine rings is 1. The van der Waals surface area contributed by atoms with E-state index in [-0.39, 0.29) is 18.4 Å². The number of hydrogen-bond acceptors (Lipinski definition) is 5. The van der Waals surface area contributed by atoms with Gasteiger partial charge in [0.15, 0.2) is 0 Å². The van der Waals surface area contributed by atoms with Crippen molar-refractivity contribution in [3.8, 4) is 0 Å². The first-order chi connectivity index (χ1) is 12.7. The summed E-state index contributed by atoms with van der Waals surface area (Å²) in [7, 11) is 0. The molecule has 0 atom stereocenters. The number of aromatic nitrogens is 3. The Morgan fingerprint density at radius 2 is 2.27 bits per heavy atom. The molecule has 8 heteroatoms. The zero-order valence-corrected chi connectivity index (χ0v) is 14.5. The van der Waals surface area contributed by atoms with Gasteiger partial charge in [0.2, 0.25) is 5.91 Å². The van der Waals surface area contributed by atoms with E-state index >= 15 is 0 Å². The van der Waals surface area contributed by atoms with Crippen LogP contribution in [0.4, 0.5) is 11.5 Å². The second-order valence-electron chi connectivity index (χ2n) is 6.80. The molecule has 2 aromatic heterocycles. The van der Waals surface area contributed by atoms with Crippen molar-refractivity contribution in [2.45, 2.75) is 25.8 Å². The molecule has 2 aromatic rings. The minimum Gasteiger partial charge on any atom is -0.359 e. The third kappa shape index (κ3) is 3.68. The number of anilines is 2. The lowest BCUT2D eigenvalue weighted by atomic mass is 10.1. The molecule has 2 amide bonds. The molecule has 1 saturated carbocycles. The summed E-state index contributed by atoms with van der Waals surface area (Å²) in [6.45, 7) is 2.34. The zero-order valence-electron chi connectivity index (χ0n) is 14.5. The van der Waals surface area contributed by atoms with E-state index in [9.17, 15) is 9.59 Å². The average Bonchev–Trinajstić information content (AvgIpc) is 3.32. The molecule has 0 unspecified atom stereocenters. The Bertz CT molecular complexity index is 800. The van der Waals surface area contributed by atoms with E-state index in [0.29, 0.717) is 36.1 Å². The maximum atomic E-state index is 12.4. The van der Waals surface area contributed by atoms with E-state index in [1.807, 2.05) is 10.8 Å². The Morgan fingerprint density at radius 3 is 3.04 bits per heavy atom. The van der Waals surface area contributed by atoms with Crippen LogP contribution in [-0.4, -0.2) is 46.0 Å².